The third-order valence-corrected chi connectivity index (χ3v) is 6.37. The van der Waals surface area contributed by atoms with Crippen LogP contribution in [0.3, 0.4) is 0 Å². The van der Waals surface area contributed by atoms with E-state index in [1.54, 1.807) is 6.33 Å². The molecule has 3 aromatic rings. The minimum atomic E-state index is -4.35. The summed E-state index contributed by atoms with van der Waals surface area (Å²) in [7, 11) is 0. The van der Waals surface area contributed by atoms with Gasteiger partial charge in [0.05, 0.1) is 23.5 Å². The number of carbonyl (C=O) groups excluding carboxylic acids is 1. The number of nitrogens with one attached hydrogen (secondary N) is 2. The Morgan fingerprint density at radius 1 is 1.12 bits per heavy atom. The number of carbonyl (C=O) groups is 1. The third-order valence-electron chi connectivity index (χ3n) is 6.37. The molecule has 1 amide bonds. The van der Waals surface area contributed by atoms with Gasteiger partial charge in [-0.05, 0) is 67.1 Å². The number of rotatable bonds is 3. The van der Waals surface area contributed by atoms with Crippen molar-refractivity contribution in [1.82, 2.24) is 14.9 Å². The molecule has 2 aliphatic rings. The standard InChI is InChI=1S/C24H23F3N4O/c25-24(26,27)16-7-9-17(10-8-16)30-20-5-1-3-15-13-31(12-11-18(15)20)23(32)19-4-2-6-21-22(19)29-14-28-21/h1,3,5,7-10,14,19,30H,2,4,6,11-13H2,(H,28,29). The zero-order valence-corrected chi connectivity index (χ0v) is 17.4. The average molecular weight is 440 g/mol. The number of anilines is 2. The molecule has 5 rings (SSSR count). The van der Waals surface area contributed by atoms with E-state index in [2.05, 4.69) is 15.3 Å². The summed E-state index contributed by atoms with van der Waals surface area (Å²) in [5.41, 5.74) is 4.88. The Labute approximate surface area is 183 Å². The minimum absolute atomic E-state index is 0.116. The summed E-state index contributed by atoms with van der Waals surface area (Å²) in [6.07, 6.45) is 0.717. The summed E-state index contributed by atoms with van der Waals surface area (Å²) < 4.78 is 38.4. The third kappa shape index (κ3) is 3.85. The fourth-order valence-electron chi connectivity index (χ4n) is 4.73. The van der Waals surface area contributed by atoms with E-state index in [0.717, 1.165) is 59.6 Å². The lowest BCUT2D eigenvalue weighted by atomic mass is 9.88. The average Bonchev–Trinajstić information content (AvgIpc) is 3.27. The summed E-state index contributed by atoms with van der Waals surface area (Å²) in [5.74, 6) is -0.0789. The van der Waals surface area contributed by atoms with Gasteiger partial charge >= 0.3 is 6.18 Å². The van der Waals surface area contributed by atoms with Gasteiger partial charge in [-0.1, -0.05) is 12.1 Å². The Morgan fingerprint density at radius 3 is 2.72 bits per heavy atom. The van der Waals surface area contributed by atoms with Gasteiger partial charge in [-0.25, -0.2) is 4.98 Å². The lowest BCUT2D eigenvalue weighted by Gasteiger charge is -2.33. The van der Waals surface area contributed by atoms with Crippen molar-refractivity contribution >= 4 is 17.3 Å². The molecule has 32 heavy (non-hydrogen) atoms. The van der Waals surface area contributed by atoms with Gasteiger partial charge in [0, 0.05) is 30.2 Å². The predicted molar refractivity (Wildman–Crippen MR) is 115 cm³/mol. The van der Waals surface area contributed by atoms with Crippen LogP contribution in [0.5, 0.6) is 0 Å². The van der Waals surface area contributed by atoms with Crippen LogP contribution in [-0.2, 0) is 30.4 Å². The fraction of sp³-hybridized carbons (Fsp3) is 0.333. The van der Waals surface area contributed by atoms with Gasteiger partial charge in [0.1, 0.15) is 0 Å². The van der Waals surface area contributed by atoms with Gasteiger partial charge in [-0.2, -0.15) is 13.2 Å². The Morgan fingerprint density at radius 2 is 1.94 bits per heavy atom. The zero-order chi connectivity index (χ0) is 22.3. The SMILES string of the molecule is O=C(C1CCCc2[nH]cnc21)N1CCc2c(cccc2Nc2ccc(C(F)(F)F)cc2)C1. The largest absolute Gasteiger partial charge is 0.416 e. The number of nitrogens with zero attached hydrogens (tertiary/aromatic N) is 2. The van der Waals surface area contributed by atoms with E-state index in [9.17, 15) is 18.0 Å². The number of hydrogen-bond acceptors (Lipinski definition) is 3. The number of imidazole rings is 1. The van der Waals surface area contributed by atoms with E-state index in [1.165, 1.54) is 12.1 Å². The number of amides is 1. The van der Waals surface area contributed by atoms with Crippen molar-refractivity contribution in [1.29, 1.82) is 0 Å². The molecule has 0 radical (unpaired) electrons. The molecule has 8 heteroatoms. The summed E-state index contributed by atoms with van der Waals surface area (Å²) in [6.45, 7) is 1.13. The fourth-order valence-corrected chi connectivity index (χ4v) is 4.73. The van der Waals surface area contributed by atoms with E-state index in [4.69, 9.17) is 0 Å². The van der Waals surface area contributed by atoms with Crippen molar-refractivity contribution in [2.24, 2.45) is 0 Å². The van der Waals surface area contributed by atoms with Gasteiger partial charge in [-0.15, -0.1) is 0 Å². The molecular formula is C24H23F3N4O. The number of aromatic nitrogens is 2. The first-order valence-corrected chi connectivity index (χ1v) is 10.8. The molecular weight excluding hydrogens is 417 g/mol. The van der Waals surface area contributed by atoms with E-state index < -0.39 is 11.7 Å². The molecule has 0 spiro atoms. The number of benzene rings is 2. The molecule has 5 nitrogen and oxygen atoms in total. The highest BCUT2D eigenvalue weighted by Gasteiger charge is 2.34. The number of fused-ring (bicyclic) bond motifs is 2. The van der Waals surface area contributed by atoms with Crippen molar-refractivity contribution < 1.29 is 18.0 Å². The second-order valence-corrected chi connectivity index (χ2v) is 8.36. The number of halogens is 3. The number of alkyl halides is 3. The Kier molecular flexibility index (Phi) is 5.15. The normalized spacial score (nSPS) is 18.1. The van der Waals surface area contributed by atoms with Crippen molar-refractivity contribution in [2.45, 2.75) is 44.3 Å². The summed E-state index contributed by atoms with van der Waals surface area (Å²) in [4.78, 5) is 22.7. The van der Waals surface area contributed by atoms with Gasteiger partial charge in [0.25, 0.3) is 0 Å². The second-order valence-electron chi connectivity index (χ2n) is 8.36. The topological polar surface area (TPSA) is 61.0 Å². The zero-order valence-electron chi connectivity index (χ0n) is 17.4. The molecule has 2 aromatic carbocycles. The van der Waals surface area contributed by atoms with E-state index >= 15 is 0 Å². The van der Waals surface area contributed by atoms with Crippen LogP contribution in [0.15, 0.2) is 48.8 Å². The van der Waals surface area contributed by atoms with Gasteiger partial charge in [0.2, 0.25) is 5.91 Å². The highest BCUT2D eigenvalue weighted by Crippen LogP contribution is 2.35. The molecule has 0 saturated carbocycles. The first-order valence-electron chi connectivity index (χ1n) is 10.8. The lowest BCUT2D eigenvalue weighted by molar-refractivity contribution is -0.137. The molecule has 1 aliphatic heterocycles. The highest BCUT2D eigenvalue weighted by molar-refractivity contribution is 5.84. The molecule has 1 aliphatic carbocycles. The van der Waals surface area contributed by atoms with E-state index in [-0.39, 0.29) is 11.8 Å². The molecule has 1 atom stereocenters. The van der Waals surface area contributed by atoms with Crippen LogP contribution in [0, 0.1) is 0 Å². The summed E-state index contributed by atoms with van der Waals surface area (Å²) in [5, 5.41) is 3.24. The molecule has 2 heterocycles. The van der Waals surface area contributed by atoms with Crippen molar-refractivity contribution in [3.63, 3.8) is 0 Å². The Bertz CT molecular complexity index is 1140. The van der Waals surface area contributed by atoms with E-state index in [0.29, 0.717) is 25.2 Å². The Balaban J connectivity index is 1.33. The van der Waals surface area contributed by atoms with Gasteiger partial charge in [-0.3, -0.25) is 4.79 Å². The van der Waals surface area contributed by atoms with Gasteiger partial charge in [0.15, 0.2) is 0 Å². The van der Waals surface area contributed by atoms with Crippen LogP contribution in [0.1, 0.15) is 46.8 Å². The number of aryl methyl sites for hydroxylation is 1. The smallest absolute Gasteiger partial charge is 0.355 e. The minimum Gasteiger partial charge on any atom is -0.355 e. The van der Waals surface area contributed by atoms with Gasteiger partial charge < -0.3 is 15.2 Å². The first-order chi connectivity index (χ1) is 15.4. The van der Waals surface area contributed by atoms with Crippen LogP contribution < -0.4 is 5.32 Å². The molecule has 2 N–H and O–H groups in total. The first kappa shape index (κ1) is 20.6. The van der Waals surface area contributed by atoms with Crippen molar-refractivity contribution in [2.75, 3.05) is 11.9 Å². The van der Waals surface area contributed by atoms with Crippen molar-refractivity contribution in [3.05, 3.63) is 76.9 Å². The quantitative estimate of drug-likeness (QED) is 0.590. The molecule has 0 bridgehead atoms. The maximum atomic E-state index is 13.3. The van der Waals surface area contributed by atoms with Crippen LogP contribution in [-0.4, -0.2) is 27.3 Å². The summed E-state index contributed by atoms with van der Waals surface area (Å²) >= 11 is 0. The number of aromatic amines is 1. The van der Waals surface area contributed by atoms with Crippen LogP contribution in [0.25, 0.3) is 0 Å². The molecule has 1 unspecified atom stereocenters. The molecule has 1 aromatic heterocycles. The van der Waals surface area contributed by atoms with E-state index in [1.807, 2.05) is 23.1 Å². The van der Waals surface area contributed by atoms with Crippen LogP contribution in [0.2, 0.25) is 0 Å². The molecule has 0 saturated heterocycles. The van der Waals surface area contributed by atoms with Crippen LogP contribution in [0.4, 0.5) is 24.5 Å². The van der Waals surface area contributed by atoms with Crippen LogP contribution >= 0.6 is 0 Å². The monoisotopic (exact) mass is 440 g/mol. The summed E-state index contributed by atoms with van der Waals surface area (Å²) in [6, 6.07) is 10.9. The molecule has 166 valence electrons. The maximum Gasteiger partial charge on any atom is 0.416 e. The second kappa shape index (κ2) is 8.00. The molecule has 0 fully saturated rings. The number of hydrogen-bond donors (Lipinski definition) is 2. The highest BCUT2D eigenvalue weighted by atomic mass is 19.4. The maximum absolute atomic E-state index is 13.3. The lowest BCUT2D eigenvalue weighted by Crippen LogP contribution is -2.40. The van der Waals surface area contributed by atoms with Crippen molar-refractivity contribution in [3.8, 4) is 0 Å². The number of H-pyrrole nitrogens is 1. The Hall–Kier alpha value is -3.29. The predicted octanol–water partition coefficient (Wildman–Crippen LogP) is 5.18.